The van der Waals surface area contributed by atoms with E-state index in [1.165, 1.54) is 0 Å². The Balaban J connectivity index is 0.00000264. The second kappa shape index (κ2) is 9.25. The van der Waals surface area contributed by atoms with E-state index in [2.05, 4.69) is 26.6 Å². The van der Waals surface area contributed by atoms with Crippen LogP contribution in [0.4, 0.5) is 5.69 Å². The minimum atomic E-state index is -0.231. The van der Waals surface area contributed by atoms with Crippen LogP contribution in [0.5, 0.6) is 0 Å². The topological polar surface area (TPSA) is 84.2 Å². The van der Waals surface area contributed by atoms with E-state index in [4.69, 9.17) is 5.73 Å². The van der Waals surface area contributed by atoms with Gasteiger partial charge in [-0.2, -0.15) is 0 Å². The van der Waals surface area contributed by atoms with Crippen molar-refractivity contribution in [1.82, 2.24) is 5.32 Å². The summed E-state index contributed by atoms with van der Waals surface area (Å²) in [6, 6.07) is 5.69. The van der Waals surface area contributed by atoms with Gasteiger partial charge in [-0.3, -0.25) is 9.59 Å². The number of halogens is 2. The molecule has 1 aliphatic carbocycles. The smallest absolute Gasteiger partial charge is 0.243 e. The fourth-order valence-corrected chi connectivity index (χ4v) is 2.98. The number of nitrogens with one attached hydrogen (secondary N) is 2. The van der Waals surface area contributed by atoms with Crippen molar-refractivity contribution >= 4 is 45.8 Å². The van der Waals surface area contributed by atoms with E-state index in [-0.39, 0.29) is 42.7 Å². The van der Waals surface area contributed by atoms with Crippen molar-refractivity contribution < 1.29 is 9.59 Å². The number of rotatable bonds is 5. The highest BCUT2D eigenvalue weighted by atomic mass is 79.9. The predicted molar refractivity (Wildman–Crippen MR) is 97.7 cm³/mol. The third-order valence-corrected chi connectivity index (χ3v) is 4.94. The lowest BCUT2D eigenvalue weighted by atomic mass is 10.00. The van der Waals surface area contributed by atoms with E-state index in [9.17, 15) is 9.59 Å². The maximum Gasteiger partial charge on any atom is 0.243 e. The van der Waals surface area contributed by atoms with Crippen LogP contribution >= 0.6 is 28.3 Å². The van der Waals surface area contributed by atoms with Crippen LogP contribution in [0.1, 0.15) is 31.2 Å². The third-order valence-electron chi connectivity index (χ3n) is 4.05. The number of carbonyl (C=O) groups excluding carboxylic acids is 2. The van der Waals surface area contributed by atoms with Crippen molar-refractivity contribution in [3.8, 4) is 0 Å². The van der Waals surface area contributed by atoms with E-state index < -0.39 is 0 Å². The van der Waals surface area contributed by atoms with Gasteiger partial charge in [0.15, 0.2) is 0 Å². The molecule has 1 aromatic carbocycles. The molecular formula is C16H23BrClN3O2. The van der Waals surface area contributed by atoms with Gasteiger partial charge in [0.05, 0.1) is 6.54 Å². The van der Waals surface area contributed by atoms with E-state index in [0.717, 1.165) is 35.0 Å². The molecule has 4 N–H and O–H groups in total. The SMILES string of the molecule is Cc1cc(NC(=O)CNC(=O)C[C@@H]2CCC[C@H]2N)ccc1Br.Cl. The molecular weight excluding hydrogens is 382 g/mol. The number of aryl methyl sites for hydroxylation is 1. The minimum absolute atomic E-state index is 0. The molecule has 7 heteroatoms. The molecule has 128 valence electrons. The first-order valence-corrected chi connectivity index (χ1v) is 8.33. The lowest BCUT2D eigenvalue weighted by Gasteiger charge is -2.14. The Kier molecular flexibility index (Phi) is 8.02. The highest BCUT2D eigenvalue weighted by Gasteiger charge is 2.26. The number of anilines is 1. The first-order chi connectivity index (χ1) is 10.5. The molecule has 1 saturated carbocycles. The first-order valence-electron chi connectivity index (χ1n) is 7.54. The second-order valence-electron chi connectivity index (χ2n) is 5.85. The van der Waals surface area contributed by atoms with Crippen LogP contribution in [-0.2, 0) is 9.59 Å². The highest BCUT2D eigenvalue weighted by Crippen LogP contribution is 2.26. The van der Waals surface area contributed by atoms with Crippen molar-refractivity contribution in [1.29, 1.82) is 0 Å². The van der Waals surface area contributed by atoms with Crippen molar-refractivity contribution in [3.05, 3.63) is 28.2 Å². The van der Waals surface area contributed by atoms with E-state index in [1.54, 1.807) is 0 Å². The Morgan fingerprint density at radius 2 is 2.04 bits per heavy atom. The number of hydrogen-bond donors (Lipinski definition) is 3. The molecule has 2 amide bonds. The molecule has 2 atom stereocenters. The lowest BCUT2D eigenvalue weighted by molar-refractivity contribution is -0.124. The third kappa shape index (κ3) is 6.12. The largest absolute Gasteiger partial charge is 0.347 e. The number of carbonyl (C=O) groups is 2. The van der Waals surface area contributed by atoms with Gasteiger partial charge < -0.3 is 16.4 Å². The summed E-state index contributed by atoms with van der Waals surface area (Å²) in [5, 5.41) is 5.43. The Bertz CT molecular complexity index is 568. The molecule has 0 heterocycles. The summed E-state index contributed by atoms with van der Waals surface area (Å²) in [5.74, 6) is -0.0903. The fourth-order valence-electron chi connectivity index (χ4n) is 2.74. The summed E-state index contributed by atoms with van der Waals surface area (Å²) in [7, 11) is 0. The molecule has 0 saturated heterocycles. The zero-order valence-electron chi connectivity index (χ0n) is 13.1. The zero-order chi connectivity index (χ0) is 16.1. The minimum Gasteiger partial charge on any atom is -0.347 e. The molecule has 0 aromatic heterocycles. The summed E-state index contributed by atoms with van der Waals surface area (Å²) in [6.07, 6.45) is 3.48. The molecule has 23 heavy (non-hydrogen) atoms. The summed E-state index contributed by atoms with van der Waals surface area (Å²) in [4.78, 5) is 23.7. The van der Waals surface area contributed by atoms with Gasteiger partial charge in [-0.15, -0.1) is 12.4 Å². The number of amides is 2. The van der Waals surface area contributed by atoms with Crippen LogP contribution in [0, 0.1) is 12.8 Å². The van der Waals surface area contributed by atoms with Gasteiger partial charge in [0.1, 0.15) is 0 Å². The molecule has 0 unspecified atom stereocenters. The molecule has 1 aliphatic rings. The Hall–Kier alpha value is -1.11. The predicted octanol–water partition coefficient (Wildman–Crippen LogP) is 2.75. The van der Waals surface area contributed by atoms with E-state index in [1.807, 2.05) is 25.1 Å². The van der Waals surface area contributed by atoms with Crippen LogP contribution in [0.2, 0.25) is 0 Å². The second-order valence-corrected chi connectivity index (χ2v) is 6.70. The maximum absolute atomic E-state index is 11.9. The monoisotopic (exact) mass is 403 g/mol. The van der Waals surface area contributed by atoms with E-state index >= 15 is 0 Å². The fraction of sp³-hybridized carbons (Fsp3) is 0.500. The summed E-state index contributed by atoms with van der Waals surface area (Å²) in [6.45, 7) is 1.93. The molecule has 0 aliphatic heterocycles. The molecule has 0 radical (unpaired) electrons. The Labute approximate surface area is 151 Å². The van der Waals surface area contributed by atoms with Crippen molar-refractivity contribution in [2.24, 2.45) is 11.7 Å². The van der Waals surface area contributed by atoms with Crippen LogP contribution in [0.3, 0.4) is 0 Å². The van der Waals surface area contributed by atoms with Crippen LogP contribution < -0.4 is 16.4 Å². The average molecular weight is 405 g/mol. The van der Waals surface area contributed by atoms with E-state index in [0.29, 0.717) is 6.42 Å². The Morgan fingerprint density at radius 1 is 1.30 bits per heavy atom. The standard InChI is InChI=1S/C16H22BrN3O2.ClH/c1-10-7-12(5-6-13(10)17)20-16(22)9-19-15(21)8-11-3-2-4-14(11)18;/h5-7,11,14H,2-4,8-9,18H2,1H3,(H,19,21)(H,20,22);1H/t11-,14+;/m0./s1. The highest BCUT2D eigenvalue weighted by molar-refractivity contribution is 9.10. The van der Waals surface area contributed by atoms with Gasteiger partial charge in [0.25, 0.3) is 0 Å². The molecule has 1 aromatic rings. The number of nitrogens with two attached hydrogens (primary N) is 1. The quantitative estimate of drug-likeness (QED) is 0.705. The molecule has 0 bridgehead atoms. The van der Waals surface area contributed by atoms with Gasteiger partial charge >= 0.3 is 0 Å². The maximum atomic E-state index is 11.9. The first kappa shape index (κ1) is 19.9. The molecule has 1 fully saturated rings. The van der Waals surface area contributed by atoms with Gasteiger partial charge in [0, 0.05) is 22.6 Å². The molecule has 5 nitrogen and oxygen atoms in total. The van der Waals surface area contributed by atoms with Crippen LogP contribution in [0.25, 0.3) is 0 Å². The van der Waals surface area contributed by atoms with Gasteiger partial charge in [0.2, 0.25) is 11.8 Å². The molecule has 2 rings (SSSR count). The molecule has 0 spiro atoms. The van der Waals surface area contributed by atoms with Crippen molar-refractivity contribution in [2.75, 3.05) is 11.9 Å². The number of benzene rings is 1. The summed E-state index contributed by atoms with van der Waals surface area (Å²) >= 11 is 3.41. The zero-order valence-corrected chi connectivity index (χ0v) is 15.5. The van der Waals surface area contributed by atoms with Crippen molar-refractivity contribution in [2.45, 2.75) is 38.6 Å². The summed E-state index contributed by atoms with van der Waals surface area (Å²) < 4.78 is 0.992. The van der Waals surface area contributed by atoms with Crippen LogP contribution in [-0.4, -0.2) is 24.4 Å². The van der Waals surface area contributed by atoms with Gasteiger partial charge in [-0.05, 0) is 49.4 Å². The average Bonchev–Trinajstić information content (AvgIpc) is 2.86. The van der Waals surface area contributed by atoms with Gasteiger partial charge in [-0.25, -0.2) is 0 Å². The lowest BCUT2D eigenvalue weighted by Crippen LogP contribution is -2.36. The van der Waals surface area contributed by atoms with Crippen molar-refractivity contribution in [3.63, 3.8) is 0 Å². The number of hydrogen-bond acceptors (Lipinski definition) is 3. The van der Waals surface area contributed by atoms with Gasteiger partial charge in [-0.1, -0.05) is 22.4 Å². The normalized spacial score (nSPS) is 19.8. The summed E-state index contributed by atoms with van der Waals surface area (Å²) in [5.41, 5.74) is 7.71. The van der Waals surface area contributed by atoms with Crippen LogP contribution in [0.15, 0.2) is 22.7 Å². The Morgan fingerprint density at radius 3 is 2.65 bits per heavy atom.